The van der Waals surface area contributed by atoms with Crippen molar-refractivity contribution in [3.63, 3.8) is 0 Å². The third kappa shape index (κ3) is 2.59. The molecule has 0 N–H and O–H groups in total. The summed E-state index contributed by atoms with van der Waals surface area (Å²) in [7, 11) is 0. The molecule has 0 bridgehead atoms. The molecule has 3 heteroatoms. The topological polar surface area (TPSA) is 29.5 Å². The summed E-state index contributed by atoms with van der Waals surface area (Å²) in [6, 6.07) is 10.4. The summed E-state index contributed by atoms with van der Waals surface area (Å²) in [5.41, 5.74) is 1.41. The van der Waals surface area contributed by atoms with Crippen molar-refractivity contribution in [1.29, 1.82) is 0 Å². The van der Waals surface area contributed by atoms with Crippen molar-refractivity contribution in [3.8, 4) is 0 Å². The Bertz CT molecular complexity index is 493. The van der Waals surface area contributed by atoms with E-state index in [1.54, 1.807) is 0 Å². The molecule has 2 atom stereocenters. The van der Waals surface area contributed by atoms with Gasteiger partial charge in [0.05, 0.1) is 5.92 Å². The van der Waals surface area contributed by atoms with Gasteiger partial charge in [0.25, 0.3) is 0 Å². The molecule has 114 valence electrons. The fourth-order valence-electron chi connectivity index (χ4n) is 3.96. The number of likely N-dealkylation sites (tertiary alicyclic amines) is 1. The van der Waals surface area contributed by atoms with Gasteiger partial charge >= 0.3 is 0 Å². The lowest BCUT2D eigenvalue weighted by atomic mass is 9.74. The fourth-order valence-corrected chi connectivity index (χ4v) is 3.96. The number of hydrogen-bond donors (Lipinski definition) is 0. The number of ether oxygens (including phenoxy) is 1. The van der Waals surface area contributed by atoms with Gasteiger partial charge in [0.1, 0.15) is 0 Å². The van der Waals surface area contributed by atoms with E-state index in [1.165, 1.54) is 0 Å². The molecule has 0 radical (unpaired) electrons. The Hall–Kier alpha value is -1.35. The van der Waals surface area contributed by atoms with E-state index >= 15 is 0 Å². The molecule has 2 aliphatic heterocycles. The predicted molar refractivity (Wildman–Crippen MR) is 83.1 cm³/mol. The lowest BCUT2D eigenvalue weighted by Gasteiger charge is -2.39. The van der Waals surface area contributed by atoms with E-state index in [9.17, 15) is 4.79 Å². The highest BCUT2D eigenvalue weighted by molar-refractivity contribution is 5.84. The third-order valence-corrected chi connectivity index (χ3v) is 5.65. The predicted octanol–water partition coefficient (Wildman–Crippen LogP) is 3.21. The second-order valence-corrected chi connectivity index (χ2v) is 6.56. The van der Waals surface area contributed by atoms with Crippen molar-refractivity contribution in [2.75, 3.05) is 19.8 Å². The Balaban J connectivity index is 1.74. The summed E-state index contributed by atoms with van der Waals surface area (Å²) in [5.74, 6) is 0.223. The Morgan fingerprint density at radius 2 is 1.90 bits per heavy atom. The van der Waals surface area contributed by atoms with Crippen LogP contribution < -0.4 is 0 Å². The van der Waals surface area contributed by atoms with Crippen LogP contribution >= 0.6 is 0 Å². The van der Waals surface area contributed by atoms with E-state index in [2.05, 4.69) is 11.8 Å². The molecule has 3 rings (SSSR count). The monoisotopic (exact) mass is 287 g/mol. The minimum Gasteiger partial charge on any atom is -0.381 e. The second-order valence-electron chi connectivity index (χ2n) is 6.56. The van der Waals surface area contributed by atoms with Crippen LogP contribution in [-0.4, -0.2) is 36.6 Å². The molecule has 3 nitrogen and oxygen atoms in total. The molecular formula is C18H25NO2. The van der Waals surface area contributed by atoms with Crippen LogP contribution in [-0.2, 0) is 9.53 Å². The second kappa shape index (κ2) is 5.80. The Labute approximate surface area is 127 Å². The van der Waals surface area contributed by atoms with Gasteiger partial charge in [-0.25, -0.2) is 0 Å². The third-order valence-electron chi connectivity index (χ3n) is 5.65. The molecule has 1 spiro atoms. The van der Waals surface area contributed by atoms with Crippen molar-refractivity contribution in [1.82, 2.24) is 4.90 Å². The molecule has 0 aliphatic carbocycles. The van der Waals surface area contributed by atoms with Gasteiger partial charge in [-0.1, -0.05) is 30.3 Å². The van der Waals surface area contributed by atoms with Gasteiger partial charge in [-0.2, -0.15) is 0 Å². The number of benzene rings is 1. The zero-order chi connectivity index (χ0) is 14.9. The highest BCUT2D eigenvalue weighted by Crippen LogP contribution is 2.45. The van der Waals surface area contributed by atoms with Crippen LogP contribution in [0, 0.1) is 5.41 Å². The van der Waals surface area contributed by atoms with Gasteiger partial charge in [-0.15, -0.1) is 0 Å². The van der Waals surface area contributed by atoms with Gasteiger partial charge in [-0.05, 0) is 44.1 Å². The number of carbonyl (C=O) groups excluding carboxylic acids is 1. The summed E-state index contributed by atoms with van der Waals surface area (Å²) in [5, 5.41) is 0. The van der Waals surface area contributed by atoms with Crippen molar-refractivity contribution in [2.45, 2.75) is 45.1 Å². The Morgan fingerprint density at radius 3 is 2.57 bits per heavy atom. The van der Waals surface area contributed by atoms with Crippen LogP contribution in [0.4, 0.5) is 0 Å². The van der Waals surface area contributed by atoms with Crippen LogP contribution in [0.1, 0.15) is 44.6 Å². The van der Waals surface area contributed by atoms with E-state index in [4.69, 9.17) is 4.74 Å². The van der Waals surface area contributed by atoms with Crippen molar-refractivity contribution in [3.05, 3.63) is 35.9 Å². The van der Waals surface area contributed by atoms with Crippen molar-refractivity contribution < 1.29 is 9.53 Å². The average molecular weight is 287 g/mol. The standard InChI is InChI=1S/C18H25NO2/c1-14(16-6-4-3-5-7-16)17(20)19-11-8-18(15(19)2)9-12-21-13-10-18/h3-7,14-15H,8-13H2,1-2H3/t14-,15+/m0/s1. The van der Waals surface area contributed by atoms with E-state index in [-0.39, 0.29) is 11.8 Å². The Morgan fingerprint density at radius 1 is 1.24 bits per heavy atom. The molecule has 1 amide bonds. The van der Waals surface area contributed by atoms with Crippen LogP contribution in [0.25, 0.3) is 0 Å². The first kappa shape index (κ1) is 14.6. The zero-order valence-corrected chi connectivity index (χ0v) is 13.0. The van der Waals surface area contributed by atoms with E-state index in [0.717, 1.165) is 44.6 Å². The molecule has 1 aromatic carbocycles. The molecule has 0 saturated carbocycles. The molecule has 2 fully saturated rings. The quantitative estimate of drug-likeness (QED) is 0.836. The van der Waals surface area contributed by atoms with E-state index in [0.29, 0.717) is 11.5 Å². The average Bonchev–Trinajstić information content (AvgIpc) is 2.84. The van der Waals surface area contributed by atoms with E-state index in [1.807, 2.05) is 37.3 Å². The van der Waals surface area contributed by atoms with Crippen molar-refractivity contribution >= 4 is 5.91 Å². The number of rotatable bonds is 2. The zero-order valence-electron chi connectivity index (χ0n) is 13.0. The largest absolute Gasteiger partial charge is 0.381 e. The molecule has 1 aromatic rings. The number of nitrogens with zero attached hydrogens (tertiary/aromatic N) is 1. The highest BCUT2D eigenvalue weighted by Gasteiger charge is 2.47. The van der Waals surface area contributed by atoms with Crippen LogP contribution in [0.5, 0.6) is 0 Å². The molecule has 0 unspecified atom stereocenters. The molecular weight excluding hydrogens is 262 g/mol. The first-order chi connectivity index (χ1) is 10.1. The fraction of sp³-hybridized carbons (Fsp3) is 0.611. The number of carbonyl (C=O) groups is 1. The summed E-state index contributed by atoms with van der Waals surface area (Å²) in [4.78, 5) is 15.0. The molecule has 2 saturated heterocycles. The first-order valence-corrected chi connectivity index (χ1v) is 8.07. The maximum atomic E-state index is 12.9. The van der Waals surface area contributed by atoms with Gasteiger partial charge in [0.2, 0.25) is 5.91 Å². The minimum absolute atomic E-state index is 0.0522. The van der Waals surface area contributed by atoms with Gasteiger partial charge in [-0.3, -0.25) is 4.79 Å². The SMILES string of the molecule is C[C@H](C(=O)N1CCC2(CCOCC2)[C@H]1C)c1ccccc1. The maximum absolute atomic E-state index is 12.9. The minimum atomic E-state index is -0.0522. The number of amides is 1. The summed E-state index contributed by atoms with van der Waals surface area (Å²) >= 11 is 0. The number of hydrogen-bond acceptors (Lipinski definition) is 2. The normalized spacial score (nSPS) is 26.0. The summed E-state index contributed by atoms with van der Waals surface area (Å²) in [6.45, 7) is 6.85. The highest BCUT2D eigenvalue weighted by atomic mass is 16.5. The smallest absolute Gasteiger partial charge is 0.230 e. The van der Waals surface area contributed by atoms with E-state index < -0.39 is 0 Å². The maximum Gasteiger partial charge on any atom is 0.230 e. The van der Waals surface area contributed by atoms with Gasteiger partial charge in [0, 0.05) is 25.8 Å². The van der Waals surface area contributed by atoms with Crippen molar-refractivity contribution in [2.24, 2.45) is 5.41 Å². The summed E-state index contributed by atoms with van der Waals surface area (Å²) < 4.78 is 5.51. The molecule has 21 heavy (non-hydrogen) atoms. The van der Waals surface area contributed by atoms with Crippen LogP contribution in [0.15, 0.2) is 30.3 Å². The lowest BCUT2D eigenvalue weighted by molar-refractivity contribution is -0.134. The Kier molecular flexibility index (Phi) is 4.03. The first-order valence-electron chi connectivity index (χ1n) is 8.07. The molecule has 2 heterocycles. The molecule has 0 aromatic heterocycles. The van der Waals surface area contributed by atoms with Gasteiger partial charge < -0.3 is 9.64 Å². The van der Waals surface area contributed by atoms with Gasteiger partial charge in [0.15, 0.2) is 0 Å². The van der Waals surface area contributed by atoms with Crippen LogP contribution in [0.3, 0.4) is 0 Å². The summed E-state index contributed by atoms with van der Waals surface area (Å²) in [6.07, 6.45) is 3.32. The molecule has 2 aliphatic rings. The van der Waals surface area contributed by atoms with Crippen LogP contribution in [0.2, 0.25) is 0 Å². The lowest BCUT2D eigenvalue weighted by Crippen LogP contribution is -2.44.